The molecule has 3 aromatic rings. The van der Waals surface area contributed by atoms with Crippen molar-refractivity contribution in [3.8, 4) is 16.9 Å². The smallest absolute Gasteiger partial charge is 0.253 e. The van der Waals surface area contributed by atoms with Gasteiger partial charge in [-0.25, -0.2) is 8.78 Å². The van der Waals surface area contributed by atoms with Gasteiger partial charge in [-0.1, -0.05) is 23.7 Å². The van der Waals surface area contributed by atoms with Crippen LogP contribution in [0.3, 0.4) is 0 Å². The Bertz CT molecular complexity index is 1030. The minimum Gasteiger partial charge on any atom is -0.351 e. The summed E-state index contributed by atoms with van der Waals surface area (Å²) < 4.78 is 29.7. The van der Waals surface area contributed by atoms with E-state index in [0.29, 0.717) is 35.1 Å². The third kappa shape index (κ3) is 4.66. The lowest BCUT2D eigenvalue weighted by Gasteiger charge is -2.14. The van der Waals surface area contributed by atoms with Crippen molar-refractivity contribution in [3.05, 3.63) is 76.4 Å². The Balaban J connectivity index is 2.10. The molecule has 0 radical (unpaired) electrons. The highest BCUT2D eigenvalue weighted by atomic mass is 35.5. The molecule has 0 unspecified atom stereocenters. The molecule has 0 bridgehead atoms. The lowest BCUT2D eigenvalue weighted by molar-refractivity contribution is 0.0950. The Labute approximate surface area is 173 Å². The topological polar surface area (TPSA) is 37.3 Å². The maximum atomic E-state index is 14.6. The number of halogens is 3. The molecule has 1 heterocycles. The van der Waals surface area contributed by atoms with E-state index >= 15 is 0 Å². The monoisotopic (exact) mass is 417 g/mol. The summed E-state index contributed by atoms with van der Waals surface area (Å²) >= 11 is 5.99. The molecule has 0 spiro atoms. The molecule has 1 N–H and O–H groups in total. The van der Waals surface area contributed by atoms with Crippen molar-refractivity contribution in [2.24, 2.45) is 0 Å². The number of carbonyl (C=O) groups excluding carboxylic acids is 1. The quantitative estimate of drug-likeness (QED) is 0.632. The van der Waals surface area contributed by atoms with E-state index in [1.54, 1.807) is 41.8 Å². The second-order valence-corrected chi connectivity index (χ2v) is 7.46. The van der Waals surface area contributed by atoms with Gasteiger partial charge >= 0.3 is 0 Å². The molecule has 4 nitrogen and oxygen atoms in total. The number of likely N-dealkylation sites (N-methyl/N-ethyl adjacent to an activating group) is 1. The minimum atomic E-state index is -0.710. The van der Waals surface area contributed by atoms with E-state index in [4.69, 9.17) is 11.6 Å². The molecule has 0 aliphatic carbocycles. The third-order valence-corrected chi connectivity index (χ3v) is 4.88. The van der Waals surface area contributed by atoms with Crippen LogP contribution >= 0.6 is 11.6 Å². The summed E-state index contributed by atoms with van der Waals surface area (Å²) in [6, 6.07) is 12.1. The Kier molecular flexibility index (Phi) is 6.35. The molecule has 0 saturated carbocycles. The number of nitrogens with one attached hydrogen (secondary N) is 1. The highest BCUT2D eigenvalue weighted by molar-refractivity contribution is 6.30. The second-order valence-electron chi connectivity index (χ2n) is 7.03. The number of amides is 1. The van der Waals surface area contributed by atoms with Crippen LogP contribution in [0.25, 0.3) is 16.9 Å². The molecular weight excluding hydrogens is 396 g/mol. The van der Waals surface area contributed by atoms with Gasteiger partial charge in [-0.3, -0.25) is 4.79 Å². The van der Waals surface area contributed by atoms with Gasteiger partial charge in [-0.05, 0) is 56.9 Å². The highest BCUT2D eigenvalue weighted by Gasteiger charge is 2.21. The Morgan fingerprint density at radius 3 is 2.41 bits per heavy atom. The third-order valence-electron chi connectivity index (χ3n) is 4.63. The van der Waals surface area contributed by atoms with E-state index in [9.17, 15) is 13.6 Å². The van der Waals surface area contributed by atoms with Crippen LogP contribution in [0.5, 0.6) is 0 Å². The predicted octanol–water partition coefficient (Wildman–Crippen LogP) is 4.68. The number of carbonyl (C=O) groups is 1. The first kappa shape index (κ1) is 21.0. The van der Waals surface area contributed by atoms with Crippen molar-refractivity contribution in [2.45, 2.75) is 6.92 Å². The highest BCUT2D eigenvalue weighted by Crippen LogP contribution is 2.31. The zero-order valence-electron chi connectivity index (χ0n) is 16.5. The summed E-state index contributed by atoms with van der Waals surface area (Å²) in [5, 5.41) is 3.45. The molecule has 7 heteroatoms. The van der Waals surface area contributed by atoms with Crippen molar-refractivity contribution in [3.63, 3.8) is 0 Å². The van der Waals surface area contributed by atoms with Crippen LogP contribution in [0.2, 0.25) is 5.02 Å². The molecular formula is C22H22ClF2N3O. The van der Waals surface area contributed by atoms with Gasteiger partial charge in [0.1, 0.15) is 11.6 Å². The molecule has 0 fully saturated rings. The predicted molar refractivity (Wildman–Crippen MR) is 112 cm³/mol. The van der Waals surface area contributed by atoms with Crippen LogP contribution in [-0.2, 0) is 0 Å². The molecule has 29 heavy (non-hydrogen) atoms. The maximum absolute atomic E-state index is 14.6. The first-order valence-electron chi connectivity index (χ1n) is 9.14. The number of hydrogen-bond acceptors (Lipinski definition) is 2. The zero-order chi connectivity index (χ0) is 21.1. The lowest BCUT2D eigenvalue weighted by Crippen LogP contribution is -2.31. The second kappa shape index (κ2) is 8.76. The van der Waals surface area contributed by atoms with E-state index in [1.165, 1.54) is 12.1 Å². The van der Waals surface area contributed by atoms with Crippen molar-refractivity contribution < 1.29 is 13.6 Å². The summed E-state index contributed by atoms with van der Waals surface area (Å²) in [6.45, 7) is 2.92. The molecule has 152 valence electrons. The summed E-state index contributed by atoms with van der Waals surface area (Å²) in [4.78, 5) is 14.7. The van der Waals surface area contributed by atoms with Gasteiger partial charge in [-0.2, -0.15) is 0 Å². The largest absolute Gasteiger partial charge is 0.351 e. The van der Waals surface area contributed by atoms with Gasteiger partial charge in [0.15, 0.2) is 0 Å². The van der Waals surface area contributed by atoms with Crippen LogP contribution in [0.1, 0.15) is 16.1 Å². The Morgan fingerprint density at radius 2 is 1.79 bits per heavy atom. The zero-order valence-corrected chi connectivity index (χ0v) is 17.2. The Hall–Kier alpha value is -2.70. The summed E-state index contributed by atoms with van der Waals surface area (Å²) in [6.07, 6.45) is 0. The number of benzene rings is 2. The van der Waals surface area contributed by atoms with Gasteiger partial charge in [0.2, 0.25) is 0 Å². The van der Waals surface area contributed by atoms with Crippen molar-refractivity contribution in [1.29, 1.82) is 0 Å². The van der Waals surface area contributed by atoms with Crippen LogP contribution < -0.4 is 5.32 Å². The number of aromatic nitrogens is 1. The van der Waals surface area contributed by atoms with Crippen molar-refractivity contribution >= 4 is 17.5 Å². The van der Waals surface area contributed by atoms with Crippen LogP contribution in [-0.4, -0.2) is 42.6 Å². The molecule has 0 aliphatic rings. The normalized spacial score (nSPS) is 11.1. The van der Waals surface area contributed by atoms with Crippen LogP contribution in [0.4, 0.5) is 8.78 Å². The van der Waals surface area contributed by atoms with E-state index in [1.807, 2.05) is 19.0 Å². The molecule has 1 aromatic heterocycles. The summed E-state index contributed by atoms with van der Waals surface area (Å²) in [5.41, 5.74) is 2.53. The lowest BCUT2D eigenvalue weighted by atomic mass is 10.1. The number of nitrogens with zero attached hydrogens (tertiary/aromatic N) is 2. The average molecular weight is 418 g/mol. The first-order chi connectivity index (χ1) is 13.8. The average Bonchev–Trinajstić information content (AvgIpc) is 2.99. The van der Waals surface area contributed by atoms with Gasteiger partial charge in [0, 0.05) is 29.9 Å². The van der Waals surface area contributed by atoms with Gasteiger partial charge in [0.25, 0.3) is 5.91 Å². The molecule has 3 rings (SSSR count). The standard InChI is InChI=1S/C22H22ClF2N3O/c1-14-18(22(29)26-10-11-27(2)3)13-21(15-4-6-16(23)7-5-15)28(14)20-9-8-17(24)12-19(20)25/h4-9,12-13H,10-11H2,1-3H3,(H,26,29). The minimum absolute atomic E-state index is 0.168. The molecule has 1 amide bonds. The van der Waals surface area contributed by atoms with Crippen molar-refractivity contribution in [2.75, 3.05) is 27.2 Å². The fraction of sp³-hybridized carbons (Fsp3) is 0.227. The van der Waals surface area contributed by atoms with Crippen molar-refractivity contribution in [1.82, 2.24) is 14.8 Å². The summed E-state index contributed by atoms with van der Waals surface area (Å²) in [5.74, 6) is -1.62. The van der Waals surface area contributed by atoms with Gasteiger partial charge in [0.05, 0.1) is 16.9 Å². The fourth-order valence-corrected chi connectivity index (χ4v) is 3.26. The summed E-state index contributed by atoms with van der Waals surface area (Å²) in [7, 11) is 3.84. The molecule has 0 aliphatic heterocycles. The van der Waals surface area contributed by atoms with Gasteiger partial charge < -0.3 is 14.8 Å². The van der Waals surface area contributed by atoms with Gasteiger partial charge in [-0.15, -0.1) is 0 Å². The maximum Gasteiger partial charge on any atom is 0.253 e. The fourth-order valence-electron chi connectivity index (χ4n) is 3.13. The number of rotatable bonds is 6. The molecule has 0 atom stereocenters. The van der Waals surface area contributed by atoms with E-state index in [0.717, 1.165) is 11.6 Å². The molecule has 0 saturated heterocycles. The van der Waals surface area contributed by atoms with Crippen LogP contribution in [0, 0.1) is 18.6 Å². The Morgan fingerprint density at radius 1 is 1.10 bits per heavy atom. The SMILES string of the molecule is Cc1c(C(=O)NCCN(C)C)cc(-c2ccc(Cl)cc2)n1-c1ccc(F)cc1F. The first-order valence-corrected chi connectivity index (χ1v) is 9.52. The number of hydrogen-bond donors (Lipinski definition) is 1. The van der Waals surface area contributed by atoms with E-state index in [-0.39, 0.29) is 11.6 Å². The van der Waals surface area contributed by atoms with E-state index < -0.39 is 11.6 Å². The molecule has 2 aromatic carbocycles. The van der Waals surface area contributed by atoms with Crippen LogP contribution in [0.15, 0.2) is 48.5 Å². The van der Waals surface area contributed by atoms with E-state index in [2.05, 4.69) is 5.32 Å².